The van der Waals surface area contributed by atoms with Gasteiger partial charge in [0.15, 0.2) is 0 Å². The predicted octanol–water partition coefficient (Wildman–Crippen LogP) is 2.52. The number of hydrogen-bond donors (Lipinski definition) is 0. The summed E-state index contributed by atoms with van der Waals surface area (Å²) in [5.41, 5.74) is 0. The van der Waals surface area contributed by atoms with Gasteiger partial charge in [0, 0.05) is 19.2 Å². The van der Waals surface area contributed by atoms with Crippen LogP contribution in [0.15, 0.2) is 24.3 Å². The van der Waals surface area contributed by atoms with Crippen LogP contribution in [-0.2, 0) is 4.79 Å². The molecule has 1 aliphatic heterocycles. The van der Waals surface area contributed by atoms with Gasteiger partial charge in [-0.3, -0.25) is 4.79 Å². The minimum Gasteiger partial charge on any atom is -0.339 e. The first-order chi connectivity index (χ1) is 6.84. The van der Waals surface area contributed by atoms with Gasteiger partial charge in [0.25, 0.3) is 0 Å². The summed E-state index contributed by atoms with van der Waals surface area (Å²) in [7, 11) is 0. The molecular weight excluding hydrogens is 174 g/mol. The molecule has 0 atom stereocenters. The highest BCUT2D eigenvalue weighted by Gasteiger charge is 2.14. The van der Waals surface area contributed by atoms with Crippen LogP contribution in [0.3, 0.4) is 0 Å². The first kappa shape index (κ1) is 11.0. The third-order valence-corrected chi connectivity index (χ3v) is 2.36. The zero-order valence-corrected chi connectivity index (χ0v) is 8.91. The predicted molar refractivity (Wildman–Crippen MR) is 59.0 cm³/mol. The molecule has 0 saturated carbocycles. The molecule has 78 valence electrons. The summed E-state index contributed by atoms with van der Waals surface area (Å²) in [4.78, 5) is 13.4. The minimum absolute atomic E-state index is 0.156. The number of rotatable bonds is 4. The molecule has 1 rings (SSSR count). The normalized spacial score (nSPS) is 17.4. The first-order valence-corrected chi connectivity index (χ1v) is 5.46. The Morgan fingerprint density at radius 1 is 1.29 bits per heavy atom. The van der Waals surface area contributed by atoms with Gasteiger partial charge in [-0.2, -0.15) is 0 Å². The molecular formula is C12H19NO. The van der Waals surface area contributed by atoms with Gasteiger partial charge in [0.1, 0.15) is 0 Å². The van der Waals surface area contributed by atoms with E-state index >= 15 is 0 Å². The maximum Gasteiger partial charge on any atom is 0.246 e. The van der Waals surface area contributed by atoms with Crippen molar-refractivity contribution in [3.63, 3.8) is 0 Å². The summed E-state index contributed by atoms with van der Waals surface area (Å²) in [5, 5.41) is 0. The van der Waals surface area contributed by atoms with Crippen molar-refractivity contribution in [3.8, 4) is 0 Å². The van der Waals surface area contributed by atoms with Gasteiger partial charge in [-0.1, -0.05) is 31.6 Å². The third-order valence-electron chi connectivity index (χ3n) is 2.36. The van der Waals surface area contributed by atoms with E-state index in [1.807, 2.05) is 17.1 Å². The van der Waals surface area contributed by atoms with Crippen LogP contribution in [0.4, 0.5) is 0 Å². The Kier molecular flexibility index (Phi) is 5.05. The summed E-state index contributed by atoms with van der Waals surface area (Å²) in [6.45, 7) is 4.01. The minimum atomic E-state index is 0.156. The second-order valence-electron chi connectivity index (χ2n) is 3.61. The molecule has 0 aromatic carbocycles. The monoisotopic (exact) mass is 193 g/mol. The highest BCUT2D eigenvalue weighted by molar-refractivity contribution is 5.88. The maximum atomic E-state index is 11.5. The van der Waals surface area contributed by atoms with Crippen LogP contribution in [0.2, 0.25) is 0 Å². The molecule has 0 aliphatic carbocycles. The summed E-state index contributed by atoms with van der Waals surface area (Å²) < 4.78 is 0. The van der Waals surface area contributed by atoms with E-state index in [0.29, 0.717) is 0 Å². The van der Waals surface area contributed by atoms with Crippen LogP contribution in [0.1, 0.15) is 32.6 Å². The van der Waals surface area contributed by atoms with Crippen molar-refractivity contribution < 1.29 is 4.79 Å². The van der Waals surface area contributed by atoms with Gasteiger partial charge in [-0.15, -0.1) is 0 Å². The smallest absolute Gasteiger partial charge is 0.246 e. The lowest BCUT2D eigenvalue weighted by Gasteiger charge is -2.11. The Balaban J connectivity index is 2.24. The molecule has 0 spiro atoms. The Labute approximate surface area is 86.3 Å². The average molecular weight is 193 g/mol. The highest BCUT2D eigenvalue weighted by atomic mass is 16.2. The lowest BCUT2D eigenvalue weighted by atomic mass is 10.3. The van der Waals surface area contributed by atoms with Crippen molar-refractivity contribution in [2.45, 2.75) is 32.6 Å². The molecule has 14 heavy (non-hydrogen) atoms. The van der Waals surface area contributed by atoms with Crippen molar-refractivity contribution in [1.82, 2.24) is 4.90 Å². The quantitative estimate of drug-likeness (QED) is 0.496. The fraction of sp³-hybridized carbons (Fsp3) is 0.583. The van der Waals surface area contributed by atoms with Gasteiger partial charge >= 0.3 is 0 Å². The van der Waals surface area contributed by atoms with Crippen molar-refractivity contribution in [2.75, 3.05) is 13.1 Å². The van der Waals surface area contributed by atoms with Crippen LogP contribution in [-0.4, -0.2) is 23.9 Å². The van der Waals surface area contributed by atoms with E-state index in [4.69, 9.17) is 0 Å². The highest BCUT2D eigenvalue weighted by Crippen LogP contribution is 2.07. The standard InChI is InChI=1S/C12H19NO/c1-2-3-4-5-6-9-12(14)13-10-7-8-11-13/h4-6,9H,2-3,7-8,10-11H2,1H3/b5-4-,9-6+. The SMILES string of the molecule is CCC/C=C\C=C\C(=O)N1CCCC1. The topological polar surface area (TPSA) is 20.3 Å². The number of unbranched alkanes of at least 4 members (excludes halogenated alkanes) is 1. The molecule has 2 nitrogen and oxygen atoms in total. The summed E-state index contributed by atoms with van der Waals surface area (Å²) in [6.07, 6.45) is 12.1. The Bertz CT molecular complexity index is 224. The van der Waals surface area contributed by atoms with Gasteiger partial charge in [0.05, 0.1) is 0 Å². The molecule has 1 amide bonds. The van der Waals surface area contributed by atoms with Crippen molar-refractivity contribution in [1.29, 1.82) is 0 Å². The number of nitrogens with zero attached hydrogens (tertiary/aromatic N) is 1. The van der Waals surface area contributed by atoms with E-state index in [-0.39, 0.29) is 5.91 Å². The van der Waals surface area contributed by atoms with Gasteiger partial charge in [0.2, 0.25) is 5.91 Å². The molecule has 0 N–H and O–H groups in total. The van der Waals surface area contributed by atoms with E-state index in [9.17, 15) is 4.79 Å². The summed E-state index contributed by atoms with van der Waals surface area (Å²) in [5.74, 6) is 0.156. The second kappa shape index (κ2) is 6.41. The molecule has 0 radical (unpaired) electrons. The Morgan fingerprint density at radius 3 is 2.64 bits per heavy atom. The molecule has 0 aromatic heterocycles. The molecule has 1 saturated heterocycles. The second-order valence-corrected chi connectivity index (χ2v) is 3.61. The van der Waals surface area contributed by atoms with E-state index < -0.39 is 0 Å². The average Bonchev–Trinajstić information content (AvgIpc) is 2.70. The molecule has 2 heteroatoms. The Morgan fingerprint density at radius 2 is 2.00 bits per heavy atom. The third kappa shape index (κ3) is 3.77. The van der Waals surface area contributed by atoms with Crippen LogP contribution in [0, 0.1) is 0 Å². The number of hydrogen-bond acceptors (Lipinski definition) is 1. The van der Waals surface area contributed by atoms with Crippen molar-refractivity contribution in [3.05, 3.63) is 24.3 Å². The molecule has 0 unspecified atom stereocenters. The van der Waals surface area contributed by atoms with E-state index in [2.05, 4.69) is 13.0 Å². The van der Waals surface area contributed by atoms with Crippen LogP contribution in [0.25, 0.3) is 0 Å². The lowest BCUT2D eigenvalue weighted by molar-refractivity contribution is -0.124. The van der Waals surface area contributed by atoms with Crippen molar-refractivity contribution in [2.24, 2.45) is 0 Å². The van der Waals surface area contributed by atoms with Crippen LogP contribution in [0.5, 0.6) is 0 Å². The molecule has 1 heterocycles. The van der Waals surface area contributed by atoms with E-state index in [0.717, 1.165) is 38.8 Å². The largest absolute Gasteiger partial charge is 0.339 e. The molecule has 0 bridgehead atoms. The summed E-state index contributed by atoms with van der Waals surface area (Å²) in [6, 6.07) is 0. The number of carbonyl (C=O) groups excluding carboxylic acids is 1. The zero-order chi connectivity index (χ0) is 10.2. The van der Waals surface area contributed by atoms with E-state index in [1.165, 1.54) is 0 Å². The fourth-order valence-electron chi connectivity index (χ4n) is 1.52. The molecule has 1 fully saturated rings. The maximum absolute atomic E-state index is 11.5. The number of amides is 1. The lowest BCUT2D eigenvalue weighted by Crippen LogP contribution is -2.25. The fourth-order valence-corrected chi connectivity index (χ4v) is 1.52. The Hall–Kier alpha value is -1.05. The molecule has 1 aliphatic rings. The van der Waals surface area contributed by atoms with Gasteiger partial charge in [-0.25, -0.2) is 0 Å². The van der Waals surface area contributed by atoms with Crippen molar-refractivity contribution >= 4 is 5.91 Å². The van der Waals surface area contributed by atoms with Gasteiger partial charge < -0.3 is 4.90 Å². The molecule has 0 aromatic rings. The zero-order valence-electron chi connectivity index (χ0n) is 8.91. The summed E-state index contributed by atoms with van der Waals surface area (Å²) >= 11 is 0. The first-order valence-electron chi connectivity index (χ1n) is 5.46. The number of allylic oxidation sites excluding steroid dienone is 3. The van der Waals surface area contributed by atoms with E-state index in [1.54, 1.807) is 6.08 Å². The number of likely N-dealkylation sites (tertiary alicyclic amines) is 1. The van der Waals surface area contributed by atoms with Crippen LogP contribution < -0.4 is 0 Å². The van der Waals surface area contributed by atoms with Crippen LogP contribution >= 0.6 is 0 Å². The number of carbonyl (C=O) groups is 1. The van der Waals surface area contributed by atoms with Gasteiger partial charge in [-0.05, 0) is 19.3 Å².